The highest BCUT2D eigenvalue weighted by Gasteiger charge is 2.48. The van der Waals surface area contributed by atoms with Gasteiger partial charge < -0.3 is 5.32 Å². The average molecular weight is 391 g/mol. The Morgan fingerprint density at radius 2 is 1.73 bits per heavy atom. The second-order valence-corrected chi connectivity index (χ2v) is 9.73. The molecule has 1 aromatic carbocycles. The van der Waals surface area contributed by atoms with Crippen LogP contribution in [0, 0.1) is 11.8 Å². The zero-order valence-corrected chi connectivity index (χ0v) is 16.1. The lowest BCUT2D eigenvalue weighted by Crippen LogP contribution is -2.38. The third-order valence-electron chi connectivity index (χ3n) is 5.30. The van der Waals surface area contributed by atoms with Gasteiger partial charge in [-0.1, -0.05) is 25.0 Å². The zero-order chi connectivity index (χ0) is 18.1. The van der Waals surface area contributed by atoms with Crippen molar-refractivity contribution < 1.29 is 14.4 Å². The number of benzene rings is 1. The number of imide groups is 1. The molecule has 3 fully saturated rings. The fourth-order valence-corrected chi connectivity index (χ4v) is 6.88. The minimum Gasteiger partial charge on any atom is -0.325 e. The fraction of sp³-hybridized carbons (Fsp3) is 0.526. The highest BCUT2D eigenvalue weighted by Crippen LogP contribution is 2.45. The van der Waals surface area contributed by atoms with Crippen molar-refractivity contribution in [3.8, 4) is 0 Å². The third kappa shape index (κ3) is 3.51. The fourth-order valence-electron chi connectivity index (χ4n) is 4.04. The van der Waals surface area contributed by atoms with Gasteiger partial charge in [-0.25, -0.2) is 0 Å². The molecule has 2 aliphatic heterocycles. The van der Waals surface area contributed by atoms with Gasteiger partial charge in [0.05, 0.1) is 16.4 Å². The van der Waals surface area contributed by atoms with Gasteiger partial charge in [-0.15, -0.1) is 23.5 Å². The first-order valence-corrected chi connectivity index (χ1v) is 11.2. The molecule has 4 rings (SSSR count). The van der Waals surface area contributed by atoms with Crippen LogP contribution in [-0.2, 0) is 14.4 Å². The Labute approximate surface area is 161 Å². The number of hydrogen-bond donors (Lipinski definition) is 1. The SMILES string of the molecule is O=C(CN1C(=O)[C@H]2CCCC[C@H]2C1=O)Nc1cccc(C2SCCS2)c1. The summed E-state index contributed by atoms with van der Waals surface area (Å²) in [5, 5.41) is 2.85. The lowest BCUT2D eigenvalue weighted by molar-refractivity contribution is -0.142. The maximum absolute atomic E-state index is 12.5. The van der Waals surface area contributed by atoms with E-state index in [-0.39, 0.29) is 36.1 Å². The number of thioether (sulfide) groups is 2. The molecule has 0 spiro atoms. The van der Waals surface area contributed by atoms with Crippen LogP contribution >= 0.6 is 23.5 Å². The van der Waals surface area contributed by atoms with Gasteiger partial charge in [0.15, 0.2) is 0 Å². The number of nitrogens with one attached hydrogen (secondary N) is 1. The first-order chi connectivity index (χ1) is 12.6. The maximum atomic E-state index is 12.5. The predicted molar refractivity (Wildman–Crippen MR) is 105 cm³/mol. The topological polar surface area (TPSA) is 66.5 Å². The van der Waals surface area contributed by atoms with Crippen molar-refractivity contribution in [3.05, 3.63) is 29.8 Å². The molecule has 1 N–H and O–H groups in total. The Kier molecular flexibility index (Phi) is 5.27. The molecule has 5 nitrogen and oxygen atoms in total. The standard InChI is InChI=1S/C19H22N2O3S2/c22-16(11-21-17(23)14-6-1-2-7-15(14)18(21)24)20-13-5-3-4-12(10-13)19-25-8-9-26-19/h3-5,10,14-15,19H,1-2,6-9,11H2,(H,20,22)/t14-,15+. The normalized spacial score (nSPS) is 26.2. The summed E-state index contributed by atoms with van der Waals surface area (Å²) in [6.07, 6.45) is 3.52. The molecule has 26 heavy (non-hydrogen) atoms. The molecule has 2 heterocycles. The van der Waals surface area contributed by atoms with E-state index < -0.39 is 0 Å². The minimum absolute atomic E-state index is 0.164. The molecule has 1 saturated carbocycles. The van der Waals surface area contributed by atoms with E-state index in [0.29, 0.717) is 4.58 Å². The Balaban J connectivity index is 1.40. The number of carbonyl (C=O) groups is 3. The van der Waals surface area contributed by atoms with E-state index in [9.17, 15) is 14.4 Å². The van der Waals surface area contributed by atoms with Crippen molar-refractivity contribution in [1.29, 1.82) is 0 Å². The number of nitrogens with zero attached hydrogens (tertiary/aromatic N) is 1. The second kappa shape index (κ2) is 7.64. The molecule has 0 unspecified atom stereocenters. The number of fused-ring (bicyclic) bond motifs is 1. The molecule has 3 amide bonds. The molecular weight excluding hydrogens is 368 g/mol. The van der Waals surface area contributed by atoms with Crippen LogP contribution in [-0.4, -0.2) is 40.7 Å². The van der Waals surface area contributed by atoms with Gasteiger partial charge in [0.2, 0.25) is 17.7 Å². The Bertz CT molecular complexity index is 709. The number of carbonyl (C=O) groups excluding carboxylic acids is 3. The smallest absolute Gasteiger partial charge is 0.244 e. The Morgan fingerprint density at radius 3 is 2.38 bits per heavy atom. The molecule has 0 bridgehead atoms. The van der Waals surface area contributed by atoms with E-state index in [0.717, 1.165) is 42.9 Å². The monoisotopic (exact) mass is 390 g/mol. The summed E-state index contributed by atoms with van der Waals surface area (Å²) < 4.78 is 0.414. The predicted octanol–water partition coefficient (Wildman–Crippen LogP) is 3.28. The molecule has 1 aromatic rings. The van der Waals surface area contributed by atoms with Crippen molar-refractivity contribution in [2.24, 2.45) is 11.8 Å². The van der Waals surface area contributed by atoms with E-state index in [4.69, 9.17) is 0 Å². The number of amides is 3. The van der Waals surface area contributed by atoms with Gasteiger partial charge in [-0.05, 0) is 30.5 Å². The van der Waals surface area contributed by atoms with Crippen molar-refractivity contribution in [1.82, 2.24) is 4.90 Å². The van der Waals surface area contributed by atoms with E-state index in [1.54, 1.807) is 0 Å². The molecular formula is C19H22N2O3S2. The molecule has 7 heteroatoms. The number of anilines is 1. The summed E-state index contributed by atoms with van der Waals surface area (Å²) >= 11 is 3.83. The quantitative estimate of drug-likeness (QED) is 0.799. The van der Waals surface area contributed by atoms with E-state index in [1.165, 1.54) is 10.5 Å². The van der Waals surface area contributed by atoms with Crippen molar-refractivity contribution >= 4 is 46.9 Å². The Hall–Kier alpha value is -1.47. The molecule has 0 aromatic heterocycles. The molecule has 138 valence electrons. The van der Waals surface area contributed by atoms with Crippen molar-refractivity contribution in [2.45, 2.75) is 30.3 Å². The van der Waals surface area contributed by atoms with Gasteiger partial charge in [0, 0.05) is 17.2 Å². The van der Waals surface area contributed by atoms with E-state index >= 15 is 0 Å². The summed E-state index contributed by atoms with van der Waals surface area (Å²) in [5.74, 6) is 1.24. The number of hydrogen-bond acceptors (Lipinski definition) is 5. The van der Waals surface area contributed by atoms with Gasteiger partial charge in [-0.3, -0.25) is 19.3 Å². The maximum Gasteiger partial charge on any atom is 0.244 e. The van der Waals surface area contributed by atoms with Crippen LogP contribution in [0.2, 0.25) is 0 Å². The van der Waals surface area contributed by atoms with Crippen LogP contribution in [0.3, 0.4) is 0 Å². The largest absolute Gasteiger partial charge is 0.325 e. The van der Waals surface area contributed by atoms with Crippen LogP contribution < -0.4 is 5.32 Å². The van der Waals surface area contributed by atoms with Crippen molar-refractivity contribution in [3.63, 3.8) is 0 Å². The highest BCUT2D eigenvalue weighted by atomic mass is 32.2. The summed E-state index contributed by atoms with van der Waals surface area (Å²) in [4.78, 5) is 38.6. The van der Waals surface area contributed by atoms with Crippen LogP contribution in [0.4, 0.5) is 5.69 Å². The molecule has 0 radical (unpaired) electrons. The van der Waals surface area contributed by atoms with Crippen LogP contribution in [0.1, 0.15) is 35.8 Å². The van der Waals surface area contributed by atoms with E-state index in [1.807, 2.05) is 41.7 Å². The average Bonchev–Trinajstić information content (AvgIpc) is 3.26. The van der Waals surface area contributed by atoms with E-state index in [2.05, 4.69) is 11.4 Å². The van der Waals surface area contributed by atoms with Gasteiger partial charge in [0.1, 0.15) is 6.54 Å². The summed E-state index contributed by atoms with van der Waals surface area (Å²) in [6, 6.07) is 7.84. The minimum atomic E-state index is -0.311. The Morgan fingerprint density at radius 1 is 1.08 bits per heavy atom. The molecule has 2 atom stereocenters. The first kappa shape index (κ1) is 17.9. The molecule has 3 aliphatic rings. The van der Waals surface area contributed by atoms with Crippen molar-refractivity contribution in [2.75, 3.05) is 23.4 Å². The first-order valence-electron chi connectivity index (χ1n) is 9.12. The second-order valence-electron chi connectivity index (χ2n) is 7.01. The molecule has 2 saturated heterocycles. The summed E-state index contributed by atoms with van der Waals surface area (Å²) in [5.41, 5.74) is 1.91. The number of likely N-dealkylation sites (tertiary alicyclic amines) is 1. The summed E-state index contributed by atoms with van der Waals surface area (Å²) in [6.45, 7) is -0.179. The van der Waals surface area contributed by atoms with Gasteiger partial charge >= 0.3 is 0 Å². The van der Waals surface area contributed by atoms with Gasteiger partial charge in [0.25, 0.3) is 0 Å². The zero-order valence-electron chi connectivity index (χ0n) is 14.5. The van der Waals surface area contributed by atoms with Crippen LogP contribution in [0.15, 0.2) is 24.3 Å². The summed E-state index contributed by atoms with van der Waals surface area (Å²) in [7, 11) is 0. The lowest BCUT2D eigenvalue weighted by atomic mass is 9.81. The van der Waals surface area contributed by atoms with Gasteiger partial charge in [-0.2, -0.15) is 0 Å². The lowest BCUT2D eigenvalue weighted by Gasteiger charge is -2.19. The van der Waals surface area contributed by atoms with Crippen LogP contribution in [0.25, 0.3) is 0 Å². The third-order valence-corrected chi connectivity index (χ3v) is 8.40. The molecule has 1 aliphatic carbocycles. The highest BCUT2D eigenvalue weighted by molar-refractivity contribution is 8.19. The number of rotatable bonds is 4. The van der Waals surface area contributed by atoms with Crippen LogP contribution in [0.5, 0.6) is 0 Å².